The van der Waals surface area contributed by atoms with Crippen LogP contribution in [0.15, 0.2) is 6.20 Å². The van der Waals surface area contributed by atoms with E-state index in [0.717, 1.165) is 6.20 Å². The molecule has 0 saturated carbocycles. The van der Waals surface area contributed by atoms with Gasteiger partial charge in [0.2, 0.25) is 0 Å². The average Bonchev–Trinajstić information content (AvgIpc) is 2.10. The SMILES string of the molecule is O=C(Cl)c1ncc(I)c(Cl)c1OC(F)(F)F. The summed E-state index contributed by atoms with van der Waals surface area (Å²) in [5.74, 6) is -0.888. The lowest BCUT2D eigenvalue weighted by Gasteiger charge is -2.12. The first-order valence-corrected chi connectivity index (χ1v) is 5.35. The van der Waals surface area contributed by atoms with Crippen LogP contribution in [0, 0.1) is 3.57 Å². The molecule has 88 valence electrons. The Hall–Kier alpha value is -0.280. The van der Waals surface area contributed by atoms with Gasteiger partial charge >= 0.3 is 6.36 Å². The standard InChI is InChI=1S/C7HCl2F3INO2/c8-3-2(13)1-14-4(6(9)15)5(3)16-7(10,11)12/h1H. The predicted molar refractivity (Wildman–Crippen MR) is 58.8 cm³/mol. The van der Waals surface area contributed by atoms with Crippen LogP contribution in [0.2, 0.25) is 5.02 Å². The number of hydrogen-bond acceptors (Lipinski definition) is 3. The Labute approximate surface area is 111 Å². The molecule has 0 radical (unpaired) electrons. The van der Waals surface area contributed by atoms with E-state index in [1.165, 1.54) is 0 Å². The van der Waals surface area contributed by atoms with E-state index in [1.807, 2.05) is 0 Å². The van der Waals surface area contributed by atoms with Gasteiger partial charge in [0.1, 0.15) is 5.02 Å². The maximum absolute atomic E-state index is 12.0. The summed E-state index contributed by atoms with van der Waals surface area (Å²) in [6, 6.07) is 0. The molecular formula is C7HCl2F3INO2. The highest BCUT2D eigenvalue weighted by atomic mass is 127. The first-order valence-electron chi connectivity index (χ1n) is 3.52. The highest BCUT2D eigenvalue weighted by Crippen LogP contribution is 2.35. The van der Waals surface area contributed by atoms with E-state index in [9.17, 15) is 18.0 Å². The number of pyridine rings is 1. The summed E-state index contributed by atoms with van der Waals surface area (Å²) in [5, 5.41) is -1.55. The second kappa shape index (κ2) is 4.92. The number of rotatable bonds is 2. The molecule has 0 spiro atoms. The second-order valence-corrected chi connectivity index (χ2v) is 4.30. The zero-order chi connectivity index (χ0) is 12.5. The zero-order valence-corrected chi connectivity index (χ0v) is 10.8. The molecule has 1 aromatic heterocycles. The van der Waals surface area contributed by atoms with Crippen LogP contribution in [0.5, 0.6) is 5.75 Å². The van der Waals surface area contributed by atoms with Crippen molar-refractivity contribution in [1.82, 2.24) is 4.98 Å². The zero-order valence-electron chi connectivity index (χ0n) is 7.11. The lowest BCUT2D eigenvalue weighted by molar-refractivity contribution is -0.274. The minimum atomic E-state index is -4.98. The van der Waals surface area contributed by atoms with Crippen molar-refractivity contribution in [2.45, 2.75) is 6.36 Å². The molecule has 16 heavy (non-hydrogen) atoms. The normalized spacial score (nSPS) is 11.4. The molecule has 0 saturated heterocycles. The van der Waals surface area contributed by atoms with Crippen molar-refractivity contribution in [3.05, 3.63) is 20.5 Å². The molecule has 0 atom stereocenters. The predicted octanol–water partition coefficient (Wildman–Crippen LogP) is 3.62. The Morgan fingerprint density at radius 1 is 1.50 bits per heavy atom. The smallest absolute Gasteiger partial charge is 0.402 e. The monoisotopic (exact) mass is 385 g/mol. The maximum atomic E-state index is 12.0. The summed E-state index contributed by atoms with van der Waals surface area (Å²) >= 11 is 12.3. The molecule has 1 heterocycles. The summed E-state index contributed by atoms with van der Waals surface area (Å²) in [6.07, 6.45) is -3.86. The minimum absolute atomic E-state index is 0.209. The topological polar surface area (TPSA) is 39.2 Å². The Kier molecular flexibility index (Phi) is 4.24. The van der Waals surface area contributed by atoms with Crippen LogP contribution in [0.4, 0.5) is 13.2 Å². The first kappa shape index (κ1) is 13.8. The summed E-state index contributed by atoms with van der Waals surface area (Å²) < 4.78 is 39.9. The Bertz CT molecular complexity index is 438. The largest absolute Gasteiger partial charge is 0.573 e. The van der Waals surface area contributed by atoms with E-state index in [4.69, 9.17) is 23.2 Å². The van der Waals surface area contributed by atoms with E-state index in [2.05, 4.69) is 9.72 Å². The third-order valence-electron chi connectivity index (χ3n) is 1.34. The van der Waals surface area contributed by atoms with Crippen LogP contribution < -0.4 is 4.74 Å². The number of aromatic nitrogens is 1. The fourth-order valence-electron chi connectivity index (χ4n) is 0.798. The van der Waals surface area contributed by atoms with E-state index in [-0.39, 0.29) is 8.59 Å². The number of ether oxygens (including phenoxy) is 1. The van der Waals surface area contributed by atoms with Gasteiger partial charge in [-0.3, -0.25) is 4.79 Å². The Morgan fingerprint density at radius 2 is 2.06 bits per heavy atom. The molecular weight excluding hydrogens is 385 g/mol. The average molecular weight is 386 g/mol. The fraction of sp³-hybridized carbons (Fsp3) is 0.143. The van der Waals surface area contributed by atoms with E-state index in [1.54, 1.807) is 22.6 Å². The molecule has 0 amide bonds. The molecule has 1 rings (SSSR count). The van der Waals surface area contributed by atoms with Gasteiger partial charge in [-0.2, -0.15) is 0 Å². The number of carbonyl (C=O) groups excluding carboxylic acids is 1. The summed E-state index contributed by atoms with van der Waals surface area (Å²) in [6.45, 7) is 0. The van der Waals surface area contributed by atoms with Crippen molar-refractivity contribution < 1.29 is 22.7 Å². The highest BCUT2D eigenvalue weighted by molar-refractivity contribution is 14.1. The lowest BCUT2D eigenvalue weighted by atomic mass is 10.3. The van der Waals surface area contributed by atoms with Crippen LogP contribution in [-0.2, 0) is 0 Å². The fourth-order valence-corrected chi connectivity index (χ4v) is 1.49. The minimum Gasteiger partial charge on any atom is -0.402 e. The molecule has 0 aliphatic rings. The second-order valence-electron chi connectivity index (χ2n) is 2.42. The van der Waals surface area contributed by atoms with Crippen LogP contribution in [0.3, 0.4) is 0 Å². The van der Waals surface area contributed by atoms with Crippen molar-refractivity contribution in [3.63, 3.8) is 0 Å². The van der Waals surface area contributed by atoms with Crippen molar-refractivity contribution in [3.8, 4) is 5.75 Å². The van der Waals surface area contributed by atoms with Crippen molar-refractivity contribution in [1.29, 1.82) is 0 Å². The molecule has 0 unspecified atom stereocenters. The molecule has 0 aromatic carbocycles. The van der Waals surface area contributed by atoms with Crippen molar-refractivity contribution >= 4 is 51.0 Å². The number of alkyl halides is 3. The van der Waals surface area contributed by atoms with E-state index in [0.29, 0.717) is 0 Å². The number of nitrogens with zero attached hydrogens (tertiary/aromatic N) is 1. The van der Waals surface area contributed by atoms with Gasteiger partial charge in [-0.1, -0.05) is 11.6 Å². The summed E-state index contributed by atoms with van der Waals surface area (Å²) in [5.41, 5.74) is -0.676. The van der Waals surface area contributed by atoms with Gasteiger partial charge in [0.05, 0.1) is 3.57 Å². The Balaban J connectivity index is 3.32. The molecule has 1 aromatic rings. The number of halogens is 6. The van der Waals surface area contributed by atoms with Crippen molar-refractivity contribution in [2.24, 2.45) is 0 Å². The molecule has 0 fully saturated rings. The van der Waals surface area contributed by atoms with Gasteiger partial charge in [0.25, 0.3) is 5.24 Å². The van der Waals surface area contributed by atoms with Crippen LogP contribution in [-0.4, -0.2) is 16.6 Å². The van der Waals surface area contributed by atoms with Crippen LogP contribution >= 0.6 is 45.8 Å². The van der Waals surface area contributed by atoms with E-state index >= 15 is 0 Å². The molecule has 0 bridgehead atoms. The van der Waals surface area contributed by atoms with Gasteiger partial charge in [0, 0.05) is 6.20 Å². The van der Waals surface area contributed by atoms with Gasteiger partial charge < -0.3 is 4.74 Å². The molecule has 9 heteroatoms. The Morgan fingerprint density at radius 3 is 2.50 bits per heavy atom. The van der Waals surface area contributed by atoms with E-state index < -0.39 is 23.0 Å². The molecule has 0 aliphatic carbocycles. The molecule has 0 N–H and O–H groups in total. The van der Waals surface area contributed by atoms with Gasteiger partial charge in [-0.25, -0.2) is 4.98 Å². The van der Waals surface area contributed by atoms with Crippen LogP contribution in [0.25, 0.3) is 0 Å². The molecule has 0 aliphatic heterocycles. The number of carbonyl (C=O) groups is 1. The summed E-state index contributed by atoms with van der Waals surface area (Å²) in [7, 11) is 0. The van der Waals surface area contributed by atoms with Crippen LogP contribution in [0.1, 0.15) is 10.5 Å². The maximum Gasteiger partial charge on any atom is 0.573 e. The quantitative estimate of drug-likeness (QED) is 0.576. The first-order chi connectivity index (χ1) is 7.22. The third-order valence-corrected chi connectivity index (χ3v) is 3.03. The van der Waals surface area contributed by atoms with Gasteiger partial charge in [-0.15, -0.1) is 13.2 Å². The summed E-state index contributed by atoms with van der Waals surface area (Å²) in [4.78, 5) is 14.2. The number of hydrogen-bond donors (Lipinski definition) is 0. The van der Waals surface area contributed by atoms with Gasteiger partial charge in [0.15, 0.2) is 11.4 Å². The molecule has 3 nitrogen and oxygen atoms in total. The highest BCUT2D eigenvalue weighted by Gasteiger charge is 2.35. The van der Waals surface area contributed by atoms with Crippen molar-refractivity contribution in [2.75, 3.05) is 0 Å². The third kappa shape index (κ3) is 3.36. The lowest BCUT2D eigenvalue weighted by Crippen LogP contribution is -2.19. The van der Waals surface area contributed by atoms with Gasteiger partial charge in [-0.05, 0) is 34.2 Å².